The molecule has 1 aromatic rings. The molecule has 0 bridgehead atoms. The van der Waals surface area contributed by atoms with Crippen molar-refractivity contribution in [2.75, 3.05) is 20.2 Å². The first-order valence-corrected chi connectivity index (χ1v) is 12.3. The number of nitrogens with one attached hydrogen (secondary N) is 1. The van der Waals surface area contributed by atoms with Crippen LogP contribution in [-0.4, -0.2) is 53.0 Å². The van der Waals surface area contributed by atoms with Gasteiger partial charge in [-0.05, 0) is 72.8 Å². The second-order valence-electron chi connectivity index (χ2n) is 11.7. The van der Waals surface area contributed by atoms with E-state index in [4.69, 9.17) is 18.9 Å². The summed E-state index contributed by atoms with van der Waals surface area (Å²) < 4.78 is 24.6. The number of rotatable bonds is 0. The third-order valence-corrected chi connectivity index (χ3v) is 10.7. The molecular formula is C25H34N2O5. The molecule has 5 fully saturated rings. The summed E-state index contributed by atoms with van der Waals surface area (Å²) in [5, 5.41) is 19.3. The summed E-state index contributed by atoms with van der Waals surface area (Å²) in [4.78, 5) is 0. The quantitative estimate of drug-likeness (QED) is 0.642. The lowest BCUT2D eigenvalue weighted by atomic mass is 9.45. The van der Waals surface area contributed by atoms with Gasteiger partial charge < -0.3 is 24.1 Å². The van der Waals surface area contributed by atoms with Gasteiger partial charge in [-0.3, -0.25) is 5.10 Å². The van der Waals surface area contributed by atoms with Gasteiger partial charge in [-0.25, -0.2) is 0 Å². The Kier molecular flexibility index (Phi) is 3.93. The SMILES string of the molecule is C[C@@H]1C[C@H]2C3CCC4=Cc5[nH]ncc5C[C@]4(C)C3[C@@H](O)CC2(C)[C@]12OCOC21COCO1. The number of aliphatic hydroxyl groups is 1. The van der Waals surface area contributed by atoms with Crippen LogP contribution in [0, 0.1) is 34.5 Å². The van der Waals surface area contributed by atoms with Crippen LogP contribution in [0.3, 0.4) is 0 Å². The van der Waals surface area contributed by atoms with Crippen molar-refractivity contribution >= 4 is 6.08 Å². The average Bonchev–Trinajstić information content (AvgIpc) is 3.52. The number of hydrogen-bond donors (Lipinski definition) is 2. The zero-order chi connectivity index (χ0) is 21.9. The minimum absolute atomic E-state index is 0.0305. The van der Waals surface area contributed by atoms with Crippen LogP contribution < -0.4 is 0 Å². The third kappa shape index (κ3) is 2.10. The summed E-state index contributed by atoms with van der Waals surface area (Å²) in [6.07, 6.45) is 8.81. The fourth-order valence-electron chi connectivity index (χ4n) is 9.62. The van der Waals surface area contributed by atoms with E-state index in [1.165, 1.54) is 11.1 Å². The summed E-state index contributed by atoms with van der Waals surface area (Å²) in [7, 11) is 0. The Morgan fingerprint density at radius 1 is 1.19 bits per heavy atom. The minimum atomic E-state index is -0.858. The van der Waals surface area contributed by atoms with E-state index in [-0.39, 0.29) is 36.3 Å². The van der Waals surface area contributed by atoms with Crippen molar-refractivity contribution in [3.63, 3.8) is 0 Å². The van der Waals surface area contributed by atoms with Gasteiger partial charge in [-0.1, -0.05) is 26.3 Å². The first-order chi connectivity index (χ1) is 15.3. The van der Waals surface area contributed by atoms with Gasteiger partial charge in [0.25, 0.3) is 0 Å². The van der Waals surface area contributed by atoms with Crippen molar-refractivity contribution in [2.24, 2.45) is 34.5 Å². The standard InChI is InChI=1S/C25H34N2O5/c1-14-6-18-17-5-4-16-7-19-15(10-26-27-19)8-22(16,2)21(17)20(28)9-23(18,3)25(14)24(31-13-32-25)11-29-12-30-24/h7,10,14,17-18,20-21,28H,4-6,8-9,11-13H2,1-3H3,(H,26,27)/t14-,17?,18+,20+,21?,22+,23?,24?,25-/m1/s1. The van der Waals surface area contributed by atoms with Crippen molar-refractivity contribution in [2.45, 2.75) is 70.4 Å². The molecule has 9 atom stereocenters. The molecule has 2 aliphatic heterocycles. The molecule has 4 unspecified atom stereocenters. The predicted octanol–water partition coefficient (Wildman–Crippen LogP) is 3.25. The van der Waals surface area contributed by atoms with E-state index in [1.54, 1.807) is 0 Å². The molecule has 2 spiro atoms. The van der Waals surface area contributed by atoms with E-state index in [2.05, 4.69) is 37.0 Å². The van der Waals surface area contributed by atoms with Crippen LogP contribution in [0.4, 0.5) is 0 Å². The maximum atomic E-state index is 11.9. The molecular weight excluding hydrogens is 408 g/mol. The maximum absolute atomic E-state index is 11.9. The lowest BCUT2D eigenvalue weighted by Gasteiger charge is -2.61. The smallest absolute Gasteiger partial charge is 0.227 e. The van der Waals surface area contributed by atoms with Crippen molar-refractivity contribution in [3.05, 3.63) is 23.0 Å². The molecule has 6 aliphatic rings. The van der Waals surface area contributed by atoms with Crippen LogP contribution in [0.15, 0.2) is 11.8 Å². The normalized spacial score (nSPS) is 53.8. The van der Waals surface area contributed by atoms with Crippen LogP contribution in [0.25, 0.3) is 6.08 Å². The van der Waals surface area contributed by atoms with Gasteiger partial charge >= 0.3 is 0 Å². The van der Waals surface area contributed by atoms with Crippen LogP contribution in [0.1, 0.15) is 57.7 Å². The Balaban J connectivity index is 1.31. The van der Waals surface area contributed by atoms with Crippen molar-refractivity contribution in [1.82, 2.24) is 10.2 Å². The number of hydrogen-bond acceptors (Lipinski definition) is 6. The molecule has 2 saturated heterocycles. The Morgan fingerprint density at radius 3 is 2.84 bits per heavy atom. The van der Waals surface area contributed by atoms with Gasteiger partial charge in [0.2, 0.25) is 5.79 Å². The van der Waals surface area contributed by atoms with E-state index < -0.39 is 17.5 Å². The van der Waals surface area contributed by atoms with Crippen LogP contribution >= 0.6 is 0 Å². The highest BCUT2D eigenvalue weighted by molar-refractivity contribution is 5.59. The van der Waals surface area contributed by atoms with Crippen molar-refractivity contribution in [1.29, 1.82) is 0 Å². The number of allylic oxidation sites excluding steroid dienone is 1. The minimum Gasteiger partial charge on any atom is -0.393 e. The summed E-state index contributed by atoms with van der Waals surface area (Å²) in [5.41, 5.74) is 3.05. The number of nitrogens with zero attached hydrogens (tertiary/aromatic N) is 1. The predicted molar refractivity (Wildman–Crippen MR) is 115 cm³/mol. The molecule has 1 aromatic heterocycles. The Morgan fingerprint density at radius 2 is 2.03 bits per heavy atom. The molecule has 3 saturated carbocycles. The largest absolute Gasteiger partial charge is 0.393 e. The Labute approximate surface area is 188 Å². The second-order valence-corrected chi connectivity index (χ2v) is 11.7. The van der Waals surface area contributed by atoms with Gasteiger partial charge in [-0.2, -0.15) is 5.10 Å². The molecule has 7 heteroatoms. The number of aliphatic hydroxyl groups excluding tert-OH is 1. The van der Waals surface area contributed by atoms with E-state index in [0.717, 1.165) is 31.4 Å². The molecule has 0 radical (unpaired) electrons. The number of aromatic amines is 1. The number of fused-ring (bicyclic) bond motifs is 8. The fourth-order valence-corrected chi connectivity index (χ4v) is 9.62. The van der Waals surface area contributed by atoms with Gasteiger partial charge in [0.1, 0.15) is 12.2 Å². The highest BCUT2D eigenvalue weighted by Gasteiger charge is 2.79. The monoisotopic (exact) mass is 442 g/mol. The van der Waals surface area contributed by atoms with Crippen molar-refractivity contribution < 1.29 is 24.1 Å². The lowest BCUT2D eigenvalue weighted by Crippen LogP contribution is -2.67. The van der Waals surface area contributed by atoms with Crippen LogP contribution in [0.2, 0.25) is 0 Å². The summed E-state index contributed by atoms with van der Waals surface area (Å²) in [5.74, 6) is 0.555. The first kappa shape index (κ1) is 20.2. The fraction of sp³-hybridized carbons (Fsp3) is 0.800. The lowest BCUT2D eigenvalue weighted by molar-refractivity contribution is -0.266. The van der Waals surface area contributed by atoms with E-state index in [1.807, 2.05) is 6.20 Å². The Bertz CT molecular complexity index is 979. The first-order valence-electron chi connectivity index (χ1n) is 12.3. The van der Waals surface area contributed by atoms with Crippen molar-refractivity contribution in [3.8, 4) is 0 Å². The number of H-pyrrole nitrogens is 1. The topological polar surface area (TPSA) is 85.8 Å². The molecule has 2 N–H and O–H groups in total. The molecule has 7 rings (SSSR count). The number of aromatic nitrogens is 2. The van der Waals surface area contributed by atoms with Crippen LogP contribution in [-0.2, 0) is 25.4 Å². The molecule has 3 heterocycles. The van der Waals surface area contributed by atoms with Gasteiger partial charge in [0.05, 0.1) is 18.0 Å². The highest BCUT2D eigenvalue weighted by Crippen LogP contribution is 2.72. The van der Waals surface area contributed by atoms with E-state index >= 15 is 0 Å². The second kappa shape index (κ2) is 6.25. The molecule has 4 aliphatic carbocycles. The van der Waals surface area contributed by atoms with E-state index in [9.17, 15) is 5.11 Å². The van der Waals surface area contributed by atoms with Crippen LogP contribution in [0.5, 0.6) is 0 Å². The molecule has 32 heavy (non-hydrogen) atoms. The van der Waals surface area contributed by atoms with E-state index in [0.29, 0.717) is 24.9 Å². The Hall–Kier alpha value is -1.25. The summed E-state index contributed by atoms with van der Waals surface area (Å²) in [6, 6.07) is 0. The van der Waals surface area contributed by atoms with Gasteiger partial charge in [-0.15, -0.1) is 0 Å². The zero-order valence-electron chi connectivity index (χ0n) is 19.2. The summed E-state index contributed by atoms with van der Waals surface area (Å²) in [6.45, 7) is 7.88. The molecule has 174 valence electrons. The average molecular weight is 443 g/mol. The van der Waals surface area contributed by atoms with Gasteiger partial charge in [0.15, 0.2) is 13.6 Å². The molecule has 7 nitrogen and oxygen atoms in total. The maximum Gasteiger partial charge on any atom is 0.227 e. The third-order valence-electron chi connectivity index (χ3n) is 10.7. The molecule has 0 amide bonds. The zero-order valence-corrected chi connectivity index (χ0v) is 19.2. The highest BCUT2D eigenvalue weighted by atomic mass is 16.9. The molecule has 0 aromatic carbocycles. The van der Waals surface area contributed by atoms with Gasteiger partial charge in [0, 0.05) is 5.41 Å². The summed E-state index contributed by atoms with van der Waals surface area (Å²) >= 11 is 0. The number of ether oxygens (including phenoxy) is 4.